The molecule has 0 aromatic carbocycles. The molecule has 2 unspecified atom stereocenters. The molecule has 0 radical (unpaired) electrons. The van der Waals surface area contributed by atoms with Crippen LogP contribution >= 0.6 is 0 Å². The standard InChI is InChI=1S/C31H27N7O/c1-29(2)25-17-31(26-18-33-27(36-26)19-9-12-32-13-10-19)11-8-23(37-31)15-22-5-4-20(34-22)14-21-6-7-24(35-21)16-30(3,38-25)28(29)39/h4-18,34,38H,1-3H3,(H,33,36). The molecular weight excluding hydrogens is 486 g/mol. The Hall–Kier alpha value is -4.85. The highest BCUT2D eigenvalue weighted by atomic mass is 16.1. The lowest BCUT2D eigenvalue weighted by Crippen LogP contribution is -2.41. The number of hydrogen-bond acceptors (Lipinski definition) is 6. The summed E-state index contributed by atoms with van der Waals surface area (Å²) in [5, 5.41) is 5.42. The summed E-state index contributed by atoms with van der Waals surface area (Å²) in [6.07, 6.45) is 21.2. The van der Waals surface area contributed by atoms with E-state index in [2.05, 4.69) is 37.4 Å². The van der Waals surface area contributed by atoms with E-state index in [9.17, 15) is 4.79 Å². The first-order valence-electron chi connectivity index (χ1n) is 12.9. The smallest absolute Gasteiger partial charge is 0.173 e. The van der Waals surface area contributed by atoms with Crippen LogP contribution < -0.4 is 16.0 Å². The van der Waals surface area contributed by atoms with E-state index in [-0.39, 0.29) is 5.78 Å². The summed E-state index contributed by atoms with van der Waals surface area (Å²) in [6, 6.07) is 7.87. The van der Waals surface area contributed by atoms with Gasteiger partial charge in [-0.2, -0.15) is 0 Å². The molecule has 0 saturated carbocycles. The summed E-state index contributed by atoms with van der Waals surface area (Å²) in [7, 11) is 0. The predicted molar refractivity (Wildman–Crippen MR) is 152 cm³/mol. The molecule has 4 aliphatic rings. The van der Waals surface area contributed by atoms with Crippen molar-refractivity contribution in [2.45, 2.75) is 31.8 Å². The molecule has 192 valence electrons. The van der Waals surface area contributed by atoms with Crippen molar-refractivity contribution in [1.29, 1.82) is 0 Å². The molecule has 0 spiro atoms. The Labute approximate surface area is 225 Å². The summed E-state index contributed by atoms with van der Waals surface area (Å²) >= 11 is 0. The second-order valence-electron chi connectivity index (χ2n) is 11.0. The highest BCUT2D eigenvalue weighted by Gasteiger charge is 2.52. The first kappa shape index (κ1) is 23.3. The van der Waals surface area contributed by atoms with Gasteiger partial charge < -0.3 is 15.3 Å². The number of nitrogens with one attached hydrogen (secondary N) is 3. The number of carbonyl (C=O) groups is 1. The van der Waals surface area contributed by atoms with E-state index in [0.717, 1.165) is 50.6 Å². The number of allylic oxidation sites excluding steroid dienone is 4. The van der Waals surface area contributed by atoms with Gasteiger partial charge in [-0.1, -0.05) is 0 Å². The summed E-state index contributed by atoms with van der Waals surface area (Å²) < 4.78 is 0. The van der Waals surface area contributed by atoms with Gasteiger partial charge in [0, 0.05) is 34.4 Å². The van der Waals surface area contributed by atoms with Crippen molar-refractivity contribution >= 4 is 29.4 Å². The minimum absolute atomic E-state index is 0.0719. The zero-order chi connectivity index (χ0) is 26.8. The first-order chi connectivity index (χ1) is 18.7. The van der Waals surface area contributed by atoms with Gasteiger partial charge in [-0.15, -0.1) is 0 Å². The zero-order valence-corrected chi connectivity index (χ0v) is 21.9. The Kier molecular flexibility index (Phi) is 4.82. The third-order valence-electron chi connectivity index (χ3n) is 7.71. The molecule has 8 nitrogen and oxygen atoms in total. The highest BCUT2D eigenvalue weighted by molar-refractivity contribution is 6.20. The summed E-state index contributed by atoms with van der Waals surface area (Å²) in [5.41, 5.74) is 2.32. The molecule has 2 atom stereocenters. The number of nitrogens with zero attached hydrogens (tertiary/aromatic N) is 4. The second-order valence-corrected chi connectivity index (χ2v) is 11.0. The summed E-state index contributed by atoms with van der Waals surface area (Å²) in [4.78, 5) is 39.5. The average Bonchev–Trinajstić information content (AvgIpc) is 3.73. The zero-order valence-electron chi connectivity index (χ0n) is 21.9. The molecule has 7 heterocycles. The van der Waals surface area contributed by atoms with Crippen molar-refractivity contribution in [3.8, 4) is 11.4 Å². The van der Waals surface area contributed by atoms with Crippen LogP contribution in [0.25, 0.3) is 23.5 Å². The Bertz CT molecular complexity index is 1840. The van der Waals surface area contributed by atoms with Crippen molar-refractivity contribution in [2.24, 2.45) is 15.4 Å². The van der Waals surface area contributed by atoms with E-state index >= 15 is 0 Å². The Morgan fingerprint density at radius 2 is 1.62 bits per heavy atom. The van der Waals surface area contributed by atoms with Gasteiger partial charge in [-0.3, -0.25) is 14.8 Å². The highest BCUT2D eigenvalue weighted by Crippen LogP contribution is 2.44. The van der Waals surface area contributed by atoms with Crippen molar-refractivity contribution in [3.05, 3.63) is 107 Å². The summed E-state index contributed by atoms with van der Waals surface area (Å²) in [5.74, 6) is 0.798. The fourth-order valence-corrected chi connectivity index (χ4v) is 5.64. The van der Waals surface area contributed by atoms with E-state index in [1.165, 1.54) is 0 Å². The monoisotopic (exact) mass is 513 g/mol. The molecular formula is C31H27N7O. The van der Waals surface area contributed by atoms with E-state index in [4.69, 9.17) is 9.98 Å². The SMILES string of the molecule is CC12C=C3C=CC(=N3)C=c3ccc([nH]3)=CC3=NC(c4cnc(-c5ccncc5)[nH]4)(C=C3)C=C(N1)C(C)(C)C2=O. The number of carbonyl (C=O) groups excluding carboxylic acids is 1. The van der Waals surface area contributed by atoms with Gasteiger partial charge in [-0.05, 0) is 93.6 Å². The maximum Gasteiger partial charge on any atom is 0.173 e. The lowest BCUT2D eigenvalue weighted by molar-refractivity contribution is -0.126. The van der Waals surface area contributed by atoms with Gasteiger partial charge in [0.1, 0.15) is 16.9 Å². The number of pyridine rings is 1. The minimum Gasteiger partial charge on any atom is -0.373 e. The normalized spacial score (nSPS) is 26.3. The fraction of sp³-hybridized carbons (Fsp3) is 0.194. The van der Waals surface area contributed by atoms with Gasteiger partial charge in [-0.25, -0.2) is 9.98 Å². The molecule has 8 bridgehead atoms. The molecule has 0 aliphatic carbocycles. The molecule has 3 aromatic heterocycles. The second kappa shape index (κ2) is 8.07. The largest absolute Gasteiger partial charge is 0.373 e. The topological polar surface area (TPSA) is 111 Å². The van der Waals surface area contributed by atoms with Gasteiger partial charge >= 0.3 is 0 Å². The van der Waals surface area contributed by atoms with E-state index < -0.39 is 16.5 Å². The van der Waals surface area contributed by atoms with Crippen LogP contribution in [-0.2, 0) is 10.3 Å². The number of ketones is 1. The molecule has 7 rings (SSSR count). The third kappa shape index (κ3) is 3.79. The van der Waals surface area contributed by atoms with Crippen LogP contribution in [0.4, 0.5) is 0 Å². The number of H-pyrrole nitrogens is 2. The van der Waals surface area contributed by atoms with Gasteiger partial charge in [0.2, 0.25) is 0 Å². The van der Waals surface area contributed by atoms with Crippen LogP contribution in [0.1, 0.15) is 26.5 Å². The van der Waals surface area contributed by atoms with Crippen LogP contribution in [-0.4, -0.2) is 42.7 Å². The number of aromatic nitrogens is 4. The lowest BCUT2D eigenvalue weighted by atomic mass is 9.79. The average molecular weight is 514 g/mol. The van der Waals surface area contributed by atoms with Crippen LogP contribution in [0.3, 0.4) is 0 Å². The molecule has 39 heavy (non-hydrogen) atoms. The number of fused-ring (bicyclic) bond motifs is 6. The molecule has 1 fully saturated rings. The van der Waals surface area contributed by atoms with Crippen LogP contribution in [0.15, 0.2) is 101 Å². The number of imidazole rings is 1. The van der Waals surface area contributed by atoms with E-state index in [0.29, 0.717) is 0 Å². The lowest BCUT2D eigenvalue weighted by Gasteiger charge is -2.24. The molecule has 3 N–H and O–H groups in total. The van der Waals surface area contributed by atoms with E-state index in [1.807, 2.05) is 87.7 Å². The van der Waals surface area contributed by atoms with Gasteiger partial charge in [0.05, 0.1) is 34.4 Å². The van der Waals surface area contributed by atoms with Crippen molar-refractivity contribution in [3.63, 3.8) is 0 Å². The van der Waals surface area contributed by atoms with Gasteiger partial charge in [0.25, 0.3) is 0 Å². The quantitative estimate of drug-likeness (QED) is 0.489. The van der Waals surface area contributed by atoms with Gasteiger partial charge in [0.15, 0.2) is 5.78 Å². The maximum absolute atomic E-state index is 13.9. The Morgan fingerprint density at radius 3 is 2.41 bits per heavy atom. The first-order valence-corrected chi connectivity index (χ1v) is 12.9. The molecule has 0 amide bonds. The number of hydrogen-bond donors (Lipinski definition) is 3. The van der Waals surface area contributed by atoms with E-state index in [1.54, 1.807) is 12.4 Å². The Balaban J connectivity index is 1.45. The van der Waals surface area contributed by atoms with Crippen LogP contribution in [0.2, 0.25) is 0 Å². The molecule has 8 heteroatoms. The molecule has 3 aromatic rings. The van der Waals surface area contributed by atoms with Crippen molar-refractivity contribution in [2.75, 3.05) is 0 Å². The number of rotatable bonds is 2. The van der Waals surface area contributed by atoms with Crippen molar-refractivity contribution < 1.29 is 4.79 Å². The van der Waals surface area contributed by atoms with Crippen molar-refractivity contribution in [1.82, 2.24) is 25.3 Å². The van der Waals surface area contributed by atoms with Crippen LogP contribution in [0, 0.1) is 5.41 Å². The molecule has 4 aliphatic heterocycles. The summed E-state index contributed by atoms with van der Waals surface area (Å²) in [6.45, 7) is 5.82. The number of Topliss-reactive ketones (excluding diaryl/α,β-unsaturated/α-hetero) is 1. The molecule has 1 saturated heterocycles. The predicted octanol–water partition coefficient (Wildman–Crippen LogP) is 3.02. The third-order valence-corrected chi connectivity index (χ3v) is 7.71. The number of aliphatic imine (C=N–C) groups is 2. The Morgan fingerprint density at radius 1 is 0.846 bits per heavy atom. The minimum atomic E-state index is -0.928. The number of aromatic amines is 2. The maximum atomic E-state index is 13.9. The van der Waals surface area contributed by atoms with Crippen LogP contribution in [0.5, 0.6) is 0 Å². The fourth-order valence-electron chi connectivity index (χ4n) is 5.64.